The predicted octanol–water partition coefficient (Wildman–Crippen LogP) is -0.625. The number of hydrogen-bond acceptors (Lipinski definition) is 4. The Hall–Kier alpha value is -1.33. The maximum Gasteiger partial charge on any atom is 0.300 e. The van der Waals surface area contributed by atoms with Gasteiger partial charge in [-0.25, -0.2) is 5.84 Å². The van der Waals surface area contributed by atoms with Gasteiger partial charge in [-0.1, -0.05) is 0 Å². The molecule has 5 nitrogen and oxygen atoms in total. The Morgan fingerprint density at radius 1 is 1.73 bits per heavy atom. The minimum atomic E-state index is -0.510. The van der Waals surface area contributed by atoms with Crippen LogP contribution in [0.3, 0.4) is 0 Å². The van der Waals surface area contributed by atoms with E-state index in [0.717, 1.165) is 0 Å². The SMILES string of the molecule is NNC(=O)c1ccc(CO)o1. The van der Waals surface area contributed by atoms with E-state index in [0.29, 0.717) is 5.76 Å². The first-order chi connectivity index (χ1) is 5.27. The molecule has 1 heterocycles. The Morgan fingerprint density at radius 2 is 2.45 bits per heavy atom. The third-order valence-corrected chi connectivity index (χ3v) is 1.17. The molecule has 0 atom stereocenters. The van der Waals surface area contributed by atoms with Crippen LogP contribution in [-0.4, -0.2) is 11.0 Å². The van der Waals surface area contributed by atoms with Crippen LogP contribution in [0.2, 0.25) is 0 Å². The minimum absolute atomic E-state index is 0.0940. The van der Waals surface area contributed by atoms with E-state index in [1.165, 1.54) is 12.1 Å². The number of nitrogens with two attached hydrogens (primary N) is 1. The standard InChI is InChI=1S/C6H8N2O3/c7-8-6(10)5-2-1-4(3-9)11-5/h1-2,9H,3,7H2,(H,8,10). The first-order valence-electron chi connectivity index (χ1n) is 2.98. The molecule has 0 saturated heterocycles. The highest BCUT2D eigenvalue weighted by Crippen LogP contribution is 2.06. The summed E-state index contributed by atoms with van der Waals surface area (Å²) in [6.45, 7) is -0.224. The predicted molar refractivity (Wildman–Crippen MR) is 36.3 cm³/mol. The van der Waals surface area contributed by atoms with E-state index < -0.39 is 5.91 Å². The van der Waals surface area contributed by atoms with Gasteiger partial charge in [-0.15, -0.1) is 0 Å². The van der Waals surface area contributed by atoms with E-state index in [-0.39, 0.29) is 12.4 Å². The zero-order chi connectivity index (χ0) is 8.27. The molecule has 1 aromatic rings. The van der Waals surface area contributed by atoms with Gasteiger partial charge in [0.15, 0.2) is 5.76 Å². The molecule has 0 bridgehead atoms. The van der Waals surface area contributed by atoms with Crippen molar-refractivity contribution < 1.29 is 14.3 Å². The van der Waals surface area contributed by atoms with Crippen molar-refractivity contribution in [1.82, 2.24) is 5.43 Å². The lowest BCUT2D eigenvalue weighted by Gasteiger charge is -1.92. The van der Waals surface area contributed by atoms with Crippen LogP contribution in [0.5, 0.6) is 0 Å². The van der Waals surface area contributed by atoms with Gasteiger partial charge in [0.1, 0.15) is 12.4 Å². The van der Waals surface area contributed by atoms with Crippen LogP contribution in [0, 0.1) is 0 Å². The summed E-state index contributed by atoms with van der Waals surface area (Å²) < 4.78 is 4.84. The van der Waals surface area contributed by atoms with Crippen LogP contribution >= 0.6 is 0 Å². The van der Waals surface area contributed by atoms with Gasteiger partial charge in [0.25, 0.3) is 0 Å². The number of nitrogen functional groups attached to an aromatic ring is 1. The first-order valence-corrected chi connectivity index (χ1v) is 2.98. The summed E-state index contributed by atoms with van der Waals surface area (Å²) in [6.07, 6.45) is 0. The molecule has 0 fully saturated rings. The molecule has 1 amide bonds. The van der Waals surface area contributed by atoms with Crippen LogP contribution < -0.4 is 11.3 Å². The van der Waals surface area contributed by atoms with Gasteiger partial charge in [-0.3, -0.25) is 10.2 Å². The highest BCUT2D eigenvalue weighted by Gasteiger charge is 2.07. The molecule has 11 heavy (non-hydrogen) atoms. The van der Waals surface area contributed by atoms with Gasteiger partial charge < -0.3 is 9.52 Å². The summed E-state index contributed by atoms with van der Waals surface area (Å²) >= 11 is 0. The summed E-state index contributed by atoms with van der Waals surface area (Å²) in [6, 6.07) is 2.94. The number of nitrogens with one attached hydrogen (secondary N) is 1. The topological polar surface area (TPSA) is 88.5 Å². The second kappa shape index (κ2) is 3.18. The average molecular weight is 156 g/mol. The molecular formula is C6H8N2O3. The number of amides is 1. The van der Waals surface area contributed by atoms with E-state index in [4.69, 9.17) is 15.4 Å². The second-order valence-electron chi connectivity index (χ2n) is 1.90. The number of furan rings is 1. The maximum absolute atomic E-state index is 10.7. The molecule has 60 valence electrons. The van der Waals surface area contributed by atoms with Crippen molar-refractivity contribution in [2.45, 2.75) is 6.61 Å². The molecule has 0 aliphatic carbocycles. The summed E-state index contributed by atoms with van der Waals surface area (Å²) in [4.78, 5) is 10.7. The van der Waals surface area contributed by atoms with Crippen molar-refractivity contribution in [2.75, 3.05) is 0 Å². The van der Waals surface area contributed by atoms with E-state index >= 15 is 0 Å². The van der Waals surface area contributed by atoms with Crippen molar-refractivity contribution >= 4 is 5.91 Å². The Balaban J connectivity index is 2.80. The van der Waals surface area contributed by atoms with Crippen LogP contribution in [0.15, 0.2) is 16.5 Å². The number of aliphatic hydroxyl groups excluding tert-OH is 1. The second-order valence-corrected chi connectivity index (χ2v) is 1.90. The van der Waals surface area contributed by atoms with Gasteiger partial charge in [-0.05, 0) is 12.1 Å². The molecule has 0 radical (unpaired) electrons. The van der Waals surface area contributed by atoms with E-state index in [2.05, 4.69) is 0 Å². The summed E-state index contributed by atoms with van der Waals surface area (Å²) in [5.41, 5.74) is 1.90. The van der Waals surface area contributed by atoms with E-state index in [9.17, 15) is 4.79 Å². The van der Waals surface area contributed by atoms with Gasteiger partial charge in [0, 0.05) is 0 Å². The molecule has 0 aliphatic heterocycles. The zero-order valence-electron chi connectivity index (χ0n) is 5.70. The highest BCUT2D eigenvalue weighted by molar-refractivity contribution is 5.90. The third-order valence-electron chi connectivity index (χ3n) is 1.17. The summed E-state index contributed by atoms with van der Waals surface area (Å²) in [5.74, 6) is 4.75. The fourth-order valence-electron chi connectivity index (χ4n) is 0.656. The Kier molecular flexibility index (Phi) is 2.25. The zero-order valence-corrected chi connectivity index (χ0v) is 5.70. The maximum atomic E-state index is 10.7. The lowest BCUT2D eigenvalue weighted by atomic mass is 10.4. The van der Waals surface area contributed by atoms with Gasteiger partial charge in [0.05, 0.1) is 0 Å². The molecule has 0 spiro atoms. The normalized spacial score (nSPS) is 9.64. The number of hydrogen-bond donors (Lipinski definition) is 3. The number of rotatable bonds is 2. The smallest absolute Gasteiger partial charge is 0.300 e. The lowest BCUT2D eigenvalue weighted by molar-refractivity contribution is 0.0921. The fourth-order valence-corrected chi connectivity index (χ4v) is 0.656. The first kappa shape index (κ1) is 7.77. The molecule has 4 N–H and O–H groups in total. The van der Waals surface area contributed by atoms with Crippen LogP contribution in [0.4, 0.5) is 0 Å². The minimum Gasteiger partial charge on any atom is -0.453 e. The van der Waals surface area contributed by atoms with Crippen molar-refractivity contribution in [3.05, 3.63) is 23.7 Å². The summed E-state index contributed by atoms with van der Waals surface area (Å²) in [7, 11) is 0. The number of carbonyl (C=O) groups excluding carboxylic acids is 1. The van der Waals surface area contributed by atoms with Crippen LogP contribution in [0.25, 0.3) is 0 Å². The van der Waals surface area contributed by atoms with Gasteiger partial charge in [-0.2, -0.15) is 0 Å². The van der Waals surface area contributed by atoms with Gasteiger partial charge >= 0.3 is 5.91 Å². The quantitative estimate of drug-likeness (QED) is 0.302. The van der Waals surface area contributed by atoms with Crippen molar-refractivity contribution in [3.8, 4) is 0 Å². The van der Waals surface area contributed by atoms with E-state index in [1.54, 1.807) is 0 Å². The number of hydrazine groups is 1. The van der Waals surface area contributed by atoms with Crippen molar-refractivity contribution in [2.24, 2.45) is 5.84 Å². The molecule has 0 aromatic carbocycles. The Labute approximate surface area is 62.8 Å². The molecule has 0 aliphatic rings. The van der Waals surface area contributed by atoms with Crippen LogP contribution in [-0.2, 0) is 6.61 Å². The Bertz CT molecular complexity index is 256. The third kappa shape index (κ3) is 1.57. The fraction of sp³-hybridized carbons (Fsp3) is 0.167. The van der Waals surface area contributed by atoms with Crippen molar-refractivity contribution in [3.63, 3.8) is 0 Å². The van der Waals surface area contributed by atoms with E-state index in [1.807, 2.05) is 5.43 Å². The van der Waals surface area contributed by atoms with Gasteiger partial charge in [0.2, 0.25) is 0 Å². The number of aliphatic hydroxyl groups is 1. The average Bonchev–Trinajstić information content (AvgIpc) is 2.50. The van der Waals surface area contributed by atoms with Crippen molar-refractivity contribution in [1.29, 1.82) is 0 Å². The molecule has 0 unspecified atom stereocenters. The molecule has 1 aromatic heterocycles. The molecule has 1 rings (SSSR count). The largest absolute Gasteiger partial charge is 0.453 e. The molecular weight excluding hydrogens is 148 g/mol. The monoisotopic (exact) mass is 156 g/mol. The number of carbonyl (C=O) groups is 1. The lowest BCUT2D eigenvalue weighted by Crippen LogP contribution is -2.29. The molecule has 5 heteroatoms. The highest BCUT2D eigenvalue weighted by atomic mass is 16.4. The molecule has 0 saturated carbocycles. The Morgan fingerprint density at radius 3 is 2.91 bits per heavy atom. The summed E-state index contributed by atoms with van der Waals surface area (Å²) in [5, 5.41) is 8.55. The van der Waals surface area contributed by atoms with Crippen LogP contribution in [0.1, 0.15) is 16.3 Å².